The van der Waals surface area contributed by atoms with Crippen LogP contribution < -0.4 is 0 Å². The van der Waals surface area contributed by atoms with Crippen molar-refractivity contribution in [2.24, 2.45) is 0 Å². The standard InChI is InChI=1S/C50H44N2/c1-3-5-15-35-17-11-19-37(31-35)38-20-13-21-39(33-38)40-22-14-24-42(34-40)52-46-27-9-7-25-43(46)44-29-30-48-49(50(44)52)45-26-8-10-28-47(45)51(48)41-23-12-18-36(32-41)16-6-4-2/h7-14,17-34H,3-6,15-16H2,1-2H3. The number of rotatable bonds is 10. The van der Waals surface area contributed by atoms with E-state index in [0.29, 0.717) is 0 Å². The van der Waals surface area contributed by atoms with Gasteiger partial charge in [-0.05, 0) is 108 Å². The molecule has 2 heterocycles. The Labute approximate surface area is 306 Å². The first-order valence-electron chi connectivity index (χ1n) is 19.1. The van der Waals surface area contributed by atoms with Gasteiger partial charge in [0.1, 0.15) is 0 Å². The number of aryl methyl sites for hydroxylation is 2. The molecule has 9 rings (SSSR count). The Morgan fingerprint density at radius 1 is 0.385 bits per heavy atom. The Hall–Kier alpha value is -5.86. The molecule has 0 aliphatic carbocycles. The monoisotopic (exact) mass is 672 g/mol. The molecule has 0 unspecified atom stereocenters. The molecule has 0 amide bonds. The summed E-state index contributed by atoms with van der Waals surface area (Å²) in [7, 11) is 0. The van der Waals surface area contributed by atoms with Crippen molar-refractivity contribution >= 4 is 43.6 Å². The Kier molecular flexibility index (Phi) is 8.45. The van der Waals surface area contributed by atoms with Crippen LogP contribution in [0.4, 0.5) is 0 Å². The van der Waals surface area contributed by atoms with Crippen LogP contribution in [0.2, 0.25) is 0 Å². The minimum atomic E-state index is 1.10. The second-order valence-corrected chi connectivity index (χ2v) is 14.3. The number of aromatic nitrogens is 2. The lowest BCUT2D eigenvalue weighted by Crippen LogP contribution is -1.97. The molecule has 0 aliphatic rings. The van der Waals surface area contributed by atoms with Crippen molar-refractivity contribution in [1.29, 1.82) is 0 Å². The summed E-state index contributed by atoms with van der Waals surface area (Å²) < 4.78 is 4.98. The third kappa shape index (κ3) is 5.60. The third-order valence-electron chi connectivity index (χ3n) is 10.8. The maximum atomic E-state index is 2.51. The average molecular weight is 673 g/mol. The van der Waals surface area contributed by atoms with Crippen molar-refractivity contribution < 1.29 is 0 Å². The molecule has 0 atom stereocenters. The number of para-hydroxylation sites is 2. The van der Waals surface area contributed by atoms with Gasteiger partial charge in [-0.3, -0.25) is 0 Å². The minimum Gasteiger partial charge on any atom is -0.309 e. The number of unbranched alkanes of at least 4 members (excludes halogenated alkanes) is 2. The molecular weight excluding hydrogens is 629 g/mol. The highest BCUT2D eigenvalue weighted by molar-refractivity contribution is 6.26. The van der Waals surface area contributed by atoms with Gasteiger partial charge in [0.25, 0.3) is 0 Å². The molecule has 9 aromatic rings. The second kappa shape index (κ2) is 13.7. The van der Waals surface area contributed by atoms with Crippen molar-refractivity contribution in [2.75, 3.05) is 0 Å². The van der Waals surface area contributed by atoms with Gasteiger partial charge in [0, 0.05) is 32.9 Å². The van der Waals surface area contributed by atoms with E-state index in [4.69, 9.17) is 0 Å². The predicted octanol–water partition coefficient (Wildman–Crippen LogP) is 13.9. The van der Waals surface area contributed by atoms with Crippen LogP contribution in [0.25, 0.3) is 77.2 Å². The zero-order valence-corrected chi connectivity index (χ0v) is 30.1. The molecule has 0 saturated heterocycles. The lowest BCUT2D eigenvalue weighted by molar-refractivity contribution is 0.794. The van der Waals surface area contributed by atoms with Gasteiger partial charge in [0.05, 0.1) is 22.1 Å². The smallest absolute Gasteiger partial charge is 0.0641 e. The van der Waals surface area contributed by atoms with E-state index in [0.717, 1.165) is 12.8 Å². The Bertz CT molecular complexity index is 2720. The predicted molar refractivity (Wildman–Crippen MR) is 223 cm³/mol. The van der Waals surface area contributed by atoms with Gasteiger partial charge in [0.15, 0.2) is 0 Å². The molecule has 7 aromatic carbocycles. The summed E-state index contributed by atoms with van der Waals surface area (Å²) >= 11 is 0. The molecule has 2 heteroatoms. The quantitative estimate of drug-likeness (QED) is 0.137. The molecule has 0 bridgehead atoms. The summed E-state index contributed by atoms with van der Waals surface area (Å²) in [6.07, 6.45) is 7.06. The molecule has 0 fully saturated rings. The summed E-state index contributed by atoms with van der Waals surface area (Å²) in [4.78, 5) is 0. The molecule has 2 nitrogen and oxygen atoms in total. The summed E-state index contributed by atoms with van der Waals surface area (Å²) in [5, 5.41) is 5.11. The first kappa shape index (κ1) is 32.1. The van der Waals surface area contributed by atoms with E-state index in [9.17, 15) is 0 Å². The number of benzene rings is 7. The van der Waals surface area contributed by atoms with Crippen LogP contribution in [0.15, 0.2) is 158 Å². The van der Waals surface area contributed by atoms with Crippen molar-refractivity contribution in [3.8, 4) is 33.6 Å². The number of nitrogens with zero attached hydrogens (tertiary/aromatic N) is 2. The third-order valence-corrected chi connectivity index (χ3v) is 10.8. The van der Waals surface area contributed by atoms with Gasteiger partial charge >= 0.3 is 0 Å². The minimum absolute atomic E-state index is 1.10. The maximum absolute atomic E-state index is 2.51. The van der Waals surface area contributed by atoms with E-state index in [1.165, 1.54) is 114 Å². The van der Waals surface area contributed by atoms with E-state index < -0.39 is 0 Å². The Morgan fingerprint density at radius 3 is 1.63 bits per heavy atom. The van der Waals surface area contributed by atoms with Crippen molar-refractivity contribution in [1.82, 2.24) is 9.13 Å². The average Bonchev–Trinajstić information content (AvgIpc) is 3.73. The van der Waals surface area contributed by atoms with Crippen molar-refractivity contribution in [2.45, 2.75) is 52.4 Å². The van der Waals surface area contributed by atoms with Crippen LogP contribution in [0.3, 0.4) is 0 Å². The Morgan fingerprint density at radius 2 is 0.923 bits per heavy atom. The highest BCUT2D eigenvalue weighted by Crippen LogP contribution is 2.42. The zero-order chi connectivity index (χ0) is 35.0. The molecule has 2 aromatic heterocycles. The molecule has 0 aliphatic heterocycles. The van der Waals surface area contributed by atoms with Gasteiger partial charge in [-0.2, -0.15) is 0 Å². The highest BCUT2D eigenvalue weighted by atomic mass is 15.0. The molecule has 0 N–H and O–H groups in total. The van der Waals surface area contributed by atoms with Crippen LogP contribution in [0.1, 0.15) is 50.7 Å². The van der Waals surface area contributed by atoms with E-state index in [1.54, 1.807) is 0 Å². The number of hydrogen-bond acceptors (Lipinski definition) is 0. The lowest BCUT2D eigenvalue weighted by atomic mass is 9.97. The second-order valence-electron chi connectivity index (χ2n) is 14.3. The maximum Gasteiger partial charge on any atom is 0.0641 e. The number of hydrogen-bond donors (Lipinski definition) is 0. The fourth-order valence-electron chi connectivity index (χ4n) is 8.28. The first-order chi connectivity index (χ1) is 25.7. The molecule has 52 heavy (non-hydrogen) atoms. The first-order valence-corrected chi connectivity index (χ1v) is 19.1. The largest absolute Gasteiger partial charge is 0.309 e. The van der Waals surface area contributed by atoms with E-state index >= 15 is 0 Å². The topological polar surface area (TPSA) is 9.86 Å². The van der Waals surface area contributed by atoms with Crippen LogP contribution in [-0.2, 0) is 12.8 Å². The van der Waals surface area contributed by atoms with Gasteiger partial charge in [0.2, 0.25) is 0 Å². The molecule has 0 saturated carbocycles. The summed E-state index contributed by atoms with van der Waals surface area (Å²) in [5.74, 6) is 0. The molecule has 254 valence electrons. The molecular formula is C50H44N2. The van der Waals surface area contributed by atoms with Crippen LogP contribution in [0.5, 0.6) is 0 Å². The van der Waals surface area contributed by atoms with Crippen molar-refractivity contribution in [3.05, 3.63) is 169 Å². The van der Waals surface area contributed by atoms with Gasteiger partial charge in [-0.25, -0.2) is 0 Å². The van der Waals surface area contributed by atoms with Gasteiger partial charge < -0.3 is 9.13 Å². The molecule has 0 spiro atoms. The summed E-state index contributed by atoms with van der Waals surface area (Å²) in [5.41, 5.74) is 15.1. The Balaban J connectivity index is 1.24. The van der Waals surface area contributed by atoms with Crippen LogP contribution in [-0.4, -0.2) is 9.13 Å². The summed E-state index contributed by atoms with van der Waals surface area (Å²) in [6, 6.07) is 58.9. The van der Waals surface area contributed by atoms with Crippen molar-refractivity contribution in [3.63, 3.8) is 0 Å². The highest BCUT2D eigenvalue weighted by Gasteiger charge is 2.21. The fraction of sp³-hybridized carbons (Fsp3) is 0.160. The summed E-state index contributed by atoms with van der Waals surface area (Å²) in [6.45, 7) is 4.53. The number of fused-ring (bicyclic) bond motifs is 7. The zero-order valence-electron chi connectivity index (χ0n) is 30.1. The SMILES string of the molecule is CCCCc1cccc(-c2cccc(-c3cccc(-n4c5ccccc5c5ccc6c(c7ccccc7n6-c6cccc(CCCC)c6)c54)c3)c2)c1. The van der Waals surface area contributed by atoms with Gasteiger partial charge in [-0.15, -0.1) is 0 Å². The van der Waals surface area contributed by atoms with E-state index in [-0.39, 0.29) is 0 Å². The van der Waals surface area contributed by atoms with E-state index in [2.05, 4.69) is 181 Å². The fourth-order valence-corrected chi connectivity index (χ4v) is 8.28. The van der Waals surface area contributed by atoms with E-state index in [1.807, 2.05) is 0 Å². The van der Waals surface area contributed by atoms with Gasteiger partial charge in [-0.1, -0.05) is 136 Å². The van der Waals surface area contributed by atoms with Crippen LogP contribution in [0, 0.1) is 0 Å². The van der Waals surface area contributed by atoms with Crippen LogP contribution >= 0.6 is 0 Å². The lowest BCUT2D eigenvalue weighted by Gasteiger charge is -2.13. The molecule has 0 radical (unpaired) electrons. The normalized spacial score (nSPS) is 11.7.